The number of carbonyl (C=O) groups excluding carboxylic acids is 2. The maximum atomic E-state index is 14.0. The monoisotopic (exact) mass is 597 g/mol. The highest BCUT2D eigenvalue weighted by atomic mass is 32.2. The molecule has 2 amide bonds. The van der Waals surface area contributed by atoms with Gasteiger partial charge in [-0.1, -0.05) is 37.3 Å². The number of amides is 2. The first-order valence-corrected chi connectivity index (χ1v) is 15.4. The summed E-state index contributed by atoms with van der Waals surface area (Å²) in [5.74, 6) is -0.756. The first-order chi connectivity index (χ1) is 20.1. The molecule has 0 radical (unpaired) electrons. The Morgan fingerprint density at radius 3 is 2.26 bits per heavy atom. The third kappa shape index (κ3) is 7.39. The van der Waals surface area contributed by atoms with E-state index in [0.29, 0.717) is 25.2 Å². The van der Waals surface area contributed by atoms with Gasteiger partial charge in [0, 0.05) is 18.7 Å². The van der Waals surface area contributed by atoms with Crippen LogP contribution in [0.5, 0.6) is 11.5 Å². The number of rotatable bonds is 12. The molecule has 42 heavy (non-hydrogen) atoms. The normalized spacial score (nSPS) is 13.4. The Morgan fingerprint density at radius 2 is 1.62 bits per heavy atom. The maximum Gasteiger partial charge on any atom is 0.264 e. The lowest BCUT2D eigenvalue weighted by Crippen LogP contribution is -2.54. The van der Waals surface area contributed by atoms with Crippen LogP contribution in [-0.4, -0.2) is 63.5 Å². The Morgan fingerprint density at radius 1 is 0.952 bits per heavy atom. The van der Waals surface area contributed by atoms with Gasteiger partial charge in [0.15, 0.2) is 11.5 Å². The van der Waals surface area contributed by atoms with Gasteiger partial charge in [-0.3, -0.25) is 13.9 Å². The van der Waals surface area contributed by atoms with Gasteiger partial charge in [0.05, 0.1) is 10.6 Å². The second kappa shape index (κ2) is 13.7. The quantitative estimate of drug-likeness (QED) is 0.336. The van der Waals surface area contributed by atoms with Crippen molar-refractivity contribution in [3.8, 4) is 11.5 Å². The smallest absolute Gasteiger partial charge is 0.264 e. The van der Waals surface area contributed by atoms with Crippen molar-refractivity contribution in [1.82, 2.24) is 10.2 Å². The zero-order valence-electron chi connectivity index (χ0n) is 24.0. The van der Waals surface area contributed by atoms with Crippen molar-refractivity contribution < 1.29 is 31.9 Å². The van der Waals surface area contributed by atoms with Crippen LogP contribution in [0, 0.1) is 5.82 Å². The number of nitrogens with one attached hydrogen (secondary N) is 1. The van der Waals surface area contributed by atoms with Crippen molar-refractivity contribution in [3.05, 3.63) is 84.2 Å². The molecule has 0 aliphatic carbocycles. The van der Waals surface area contributed by atoms with Crippen molar-refractivity contribution in [2.45, 2.75) is 50.6 Å². The first kappa shape index (κ1) is 30.8. The van der Waals surface area contributed by atoms with Gasteiger partial charge >= 0.3 is 0 Å². The van der Waals surface area contributed by atoms with Crippen LogP contribution in [0.2, 0.25) is 0 Å². The Bertz CT molecular complexity index is 1480. The third-order valence-corrected chi connectivity index (χ3v) is 8.57. The molecule has 0 aromatic heterocycles. The van der Waals surface area contributed by atoms with E-state index in [4.69, 9.17) is 9.47 Å². The molecule has 1 N–H and O–H groups in total. The molecule has 0 fully saturated rings. The van der Waals surface area contributed by atoms with Crippen LogP contribution in [-0.2, 0) is 26.0 Å². The van der Waals surface area contributed by atoms with Gasteiger partial charge in [-0.05, 0) is 68.7 Å². The number of hydrogen-bond acceptors (Lipinski definition) is 6. The number of fused-ring (bicyclic) bond motifs is 1. The number of hydrogen-bond donors (Lipinski definition) is 1. The molecular weight excluding hydrogens is 561 g/mol. The molecule has 4 rings (SSSR count). The lowest BCUT2D eigenvalue weighted by atomic mass is 10.1. The molecule has 1 aliphatic heterocycles. The van der Waals surface area contributed by atoms with Crippen LogP contribution >= 0.6 is 0 Å². The van der Waals surface area contributed by atoms with E-state index in [9.17, 15) is 22.4 Å². The highest BCUT2D eigenvalue weighted by Crippen LogP contribution is 2.34. The molecule has 0 unspecified atom stereocenters. The van der Waals surface area contributed by atoms with Crippen LogP contribution < -0.4 is 19.1 Å². The molecule has 11 heteroatoms. The number of nitrogens with zero attached hydrogens (tertiary/aromatic N) is 2. The minimum absolute atomic E-state index is 0.0994. The average Bonchev–Trinajstić information content (AvgIpc) is 2.98. The largest absolute Gasteiger partial charge is 0.486 e. The van der Waals surface area contributed by atoms with Crippen molar-refractivity contribution in [1.29, 1.82) is 0 Å². The van der Waals surface area contributed by atoms with Crippen LogP contribution in [0.1, 0.15) is 32.8 Å². The predicted molar refractivity (Wildman–Crippen MR) is 158 cm³/mol. The summed E-state index contributed by atoms with van der Waals surface area (Å²) in [6.45, 7) is 5.66. The molecule has 9 nitrogen and oxygen atoms in total. The molecule has 1 heterocycles. The molecule has 1 aliphatic rings. The van der Waals surface area contributed by atoms with E-state index in [-0.39, 0.29) is 41.4 Å². The molecule has 224 valence electrons. The second-order valence-corrected chi connectivity index (χ2v) is 12.1. The molecule has 0 saturated heterocycles. The summed E-state index contributed by atoms with van der Waals surface area (Å²) >= 11 is 0. The molecule has 3 aromatic carbocycles. The Hall–Kier alpha value is -4.12. The number of ether oxygens (including phenoxy) is 2. The van der Waals surface area contributed by atoms with E-state index in [0.717, 1.165) is 22.0 Å². The molecule has 0 saturated carbocycles. The minimum Gasteiger partial charge on any atom is -0.486 e. The summed E-state index contributed by atoms with van der Waals surface area (Å²) in [6, 6.07) is 17.6. The van der Waals surface area contributed by atoms with Crippen molar-refractivity contribution in [2.24, 2.45) is 0 Å². The molecule has 3 aromatic rings. The average molecular weight is 598 g/mol. The SMILES string of the molecule is CC[C@H](C(=O)NC(C)C)N(CCc1ccccc1)C(=O)CN(c1ccc(F)cc1)S(=O)(=O)c1ccc2c(c1)OCCO2. The summed E-state index contributed by atoms with van der Waals surface area (Å²) in [6.07, 6.45) is 0.786. The van der Waals surface area contributed by atoms with Crippen molar-refractivity contribution in [3.63, 3.8) is 0 Å². The van der Waals surface area contributed by atoms with E-state index in [2.05, 4.69) is 5.32 Å². The van der Waals surface area contributed by atoms with Gasteiger partial charge in [-0.2, -0.15) is 0 Å². The van der Waals surface area contributed by atoms with Crippen LogP contribution in [0.4, 0.5) is 10.1 Å². The van der Waals surface area contributed by atoms with E-state index in [1.165, 1.54) is 35.2 Å². The molecule has 1 atom stereocenters. The summed E-state index contributed by atoms with van der Waals surface area (Å²) in [5.41, 5.74) is 1.07. The van der Waals surface area contributed by atoms with E-state index < -0.39 is 34.3 Å². The van der Waals surface area contributed by atoms with Gasteiger partial charge < -0.3 is 19.7 Å². The van der Waals surface area contributed by atoms with Crippen LogP contribution in [0.15, 0.2) is 77.7 Å². The van der Waals surface area contributed by atoms with Crippen molar-refractivity contribution in [2.75, 3.05) is 30.6 Å². The van der Waals surface area contributed by atoms with E-state index in [1.54, 1.807) is 6.92 Å². The Labute approximate surface area is 246 Å². The highest BCUT2D eigenvalue weighted by molar-refractivity contribution is 7.92. The fourth-order valence-electron chi connectivity index (χ4n) is 4.72. The van der Waals surface area contributed by atoms with Gasteiger partial charge in [0.25, 0.3) is 10.0 Å². The number of carbonyl (C=O) groups is 2. The lowest BCUT2D eigenvalue weighted by Gasteiger charge is -2.33. The minimum atomic E-state index is -4.34. The van der Waals surface area contributed by atoms with Crippen molar-refractivity contribution >= 4 is 27.5 Å². The Balaban J connectivity index is 1.70. The fourth-order valence-corrected chi connectivity index (χ4v) is 6.15. The number of anilines is 1. The topological polar surface area (TPSA) is 105 Å². The van der Waals surface area contributed by atoms with Crippen LogP contribution in [0.25, 0.3) is 0 Å². The summed E-state index contributed by atoms with van der Waals surface area (Å²) < 4.78 is 54.0. The van der Waals surface area contributed by atoms with Gasteiger partial charge in [-0.25, -0.2) is 12.8 Å². The molecular formula is C31H36FN3O6S. The third-order valence-electron chi connectivity index (χ3n) is 6.80. The van der Waals surface area contributed by atoms with E-state index in [1.807, 2.05) is 44.2 Å². The maximum absolute atomic E-state index is 14.0. The molecule has 0 spiro atoms. The summed E-state index contributed by atoms with van der Waals surface area (Å²) in [4.78, 5) is 28.5. The number of halogens is 1. The van der Waals surface area contributed by atoms with E-state index >= 15 is 0 Å². The fraction of sp³-hybridized carbons (Fsp3) is 0.355. The standard InChI is InChI=1S/C31H36FN3O6S/c1-4-27(31(37)33-22(2)3)34(17-16-23-8-6-5-7-9-23)30(36)21-35(25-12-10-24(32)11-13-25)42(38,39)26-14-15-28-29(20-26)41-19-18-40-28/h5-15,20,22,27H,4,16-19,21H2,1-3H3,(H,33,37)/t27-/m1/s1. The van der Waals surface area contributed by atoms with Crippen LogP contribution in [0.3, 0.4) is 0 Å². The number of benzene rings is 3. The zero-order valence-corrected chi connectivity index (χ0v) is 24.8. The summed E-state index contributed by atoms with van der Waals surface area (Å²) in [5, 5.41) is 2.87. The van der Waals surface area contributed by atoms with Gasteiger partial charge in [0.2, 0.25) is 11.8 Å². The second-order valence-electron chi connectivity index (χ2n) is 10.2. The number of sulfonamides is 1. The van der Waals surface area contributed by atoms with Gasteiger partial charge in [-0.15, -0.1) is 0 Å². The first-order valence-electron chi connectivity index (χ1n) is 13.9. The lowest BCUT2D eigenvalue weighted by molar-refractivity contribution is -0.139. The molecule has 0 bridgehead atoms. The van der Waals surface area contributed by atoms with Gasteiger partial charge in [0.1, 0.15) is 31.6 Å². The zero-order chi connectivity index (χ0) is 30.3. The summed E-state index contributed by atoms with van der Waals surface area (Å²) in [7, 11) is -4.34. The highest BCUT2D eigenvalue weighted by Gasteiger charge is 2.34. The predicted octanol–water partition coefficient (Wildman–Crippen LogP) is 4.17. The Kier molecular flexibility index (Phi) is 10.1.